The van der Waals surface area contributed by atoms with E-state index in [1.54, 1.807) is 11.0 Å². The lowest BCUT2D eigenvalue weighted by atomic mass is 9.81. The standard InChI is InChI=1S/C18H24N6O2/c25-17(18(8-2-1-3-9-18)24-14-19-21-22-24)20-15-4-6-16(7-5-15)23-10-12-26-13-11-23/h4-7,14H,1-3,8-13H2,(H,20,25). The number of morpholine rings is 1. The molecule has 1 aromatic carbocycles. The van der Waals surface area contributed by atoms with Crippen molar-refractivity contribution >= 4 is 17.3 Å². The molecule has 1 aliphatic heterocycles. The number of ether oxygens (including phenoxy) is 1. The molecule has 2 heterocycles. The number of aromatic nitrogens is 4. The smallest absolute Gasteiger partial charge is 0.252 e. The molecule has 1 saturated heterocycles. The van der Waals surface area contributed by atoms with Crippen molar-refractivity contribution in [3.63, 3.8) is 0 Å². The Hall–Kier alpha value is -2.48. The van der Waals surface area contributed by atoms with Crippen LogP contribution >= 0.6 is 0 Å². The molecule has 8 nitrogen and oxygen atoms in total. The predicted octanol–water partition coefficient (Wildman–Crippen LogP) is 1.81. The number of nitrogens with one attached hydrogen (secondary N) is 1. The average Bonchev–Trinajstić information content (AvgIpc) is 3.25. The molecular formula is C18H24N6O2. The second-order valence-corrected chi connectivity index (χ2v) is 6.95. The van der Waals surface area contributed by atoms with Gasteiger partial charge in [-0.25, -0.2) is 4.68 Å². The topological polar surface area (TPSA) is 85.2 Å². The number of tetrazole rings is 1. The highest BCUT2D eigenvalue weighted by Crippen LogP contribution is 2.35. The average molecular weight is 356 g/mol. The van der Waals surface area contributed by atoms with E-state index >= 15 is 0 Å². The minimum absolute atomic E-state index is 0.0383. The highest BCUT2D eigenvalue weighted by molar-refractivity contribution is 5.96. The number of hydrogen-bond acceptors (Lipinski definition) is 6. The Balaban J connectivity index is 1.49. The Morgan fingerprint density at radius 1 is 1.08 bits per heavy atom. The molecule has 2 fully saturated rings. The van der Waals surface area contributed by atoms with Crippen LogP contribution in [-0.2, 0) is 15.1 Å². The zero-order valence-corrected chi connectivity index (χ0v) is 14.8. The van der Waals surface area contributed by atoms with Crippen LogP contribution in [0.25, 0.3) is 0 Å². The van der Waals surface area contributed by atoms with Crippen LogP contribution in [0.5, 0.6) is 0 Å². The number of hydrogen-bond donors (Lipinski definition) is 1. The fraction of sp³-hybridized carbons (Fsp3) is 0.556. The third-order valence-electron chi connectivity index (χ3n) is 5.39. The first-order chi connectivity index (χ1) is 12.8. The number of rotatable bonds is 4. The van der Waals surface area contributed by atoms with Crippen molar-refractivity contribution in [3.05, 3.63) is 30.6 Å². The lowest BCUT2D eigenvalue weighted by Gasteiger charge is -2.35. The second-order valence-electron chi connectivity index (χ2n) is 6.95. The van der Waals surface area contributed by atoms with E-state index in [-0.39, 0.29) is 5.91 Å². The zero-order chi connectivity index (χ0) is 17.8. The van der Waals surface area contributed by atoms with Crippen molar-refractivity contribution in [2.45, 2.75) is 37.6 Å². The van der Waals surface area contributed by atoms with E-state index in [1.165, 1.54) is 0 Å². The summed E-state index contributed by atoms with van der Waals surface area (Å²) >= 11 is 0. The van der Waals surface area contributed by atoms with Crippen LogP contribution in [-0.4, -0.2) is 52.4 Å². The summed E-state index contributed by atoms with van der Waals surface area (Å²) < 4.78 is 7.02. The fourth-order valence-corrected chi connectivity index (χ4v) is 3.88. The number of benzene rings is 1. The van der Waals surface area contributed by atoms with Gasteiger partial charge in [0.25, 0.3) is 5.91 Å². The van der Waals surface area contributed by atoms with Gasteiger partial charge in [-0.2, -0.15) is 0 Å². The molecule has 1 aromatic heterocycles. The van der Waals surface area contributed by atoms with Gasteiger partial charge in [0, 0.05) is 24.5 Å². The van der Waals surface area contributed by atoms with Crippen LogP contribution in [0.1, 0.15) is 32.1 Å². The van der Waals surface area contributed by atoms with Gasteiger partial charge in [-0.1, -0.05) is 19.3 Å². The van der Waals surface area contributed by atoms with Gasteiger partial charge < -0.3 is 15.0 Å². The number of carbonyl (C=O) groups excluding carboxylic acids is 1. The quantitative estimate of drug-likeness (QED) is 0.899. The van der Waals surface area contributed by atoms with Crippen LogP contribution in [0.3, 0.4) is 0 Å². The Labute approximate surface area is 152 Å². The maximum absolute atomic E-state index is 13.1. The lowest BCUT2D eigenvalue weighted by molar-refractivity contribution is -0.126. The molecule has 26 heavy (non-hydrogen) atoms. The van der Waals surface area contributed by atoms with E-state index in [0.29, 0.717) is 0 Å². The van der Waals surface area contributed by atoms with E-state index in [4.69, 9.17) is 4.74 Å². The van der Waals surface area contributed by atoms with Gasteiger partial charge >= 0.3 is 0 Å². The summed E-state index contributed by atoms with van der Waals surface area (Å²) in [6, 6.07) is 8.01. The SMILES string of the molecule is O=C(Nc1ccc(N2CCOCC2)cc1)C1(n2cnnn2)CCCCC1. The van der Waals surface area contributed by atoms with E-state index in [1.807, 2.05) is 24.3 Å². The number of carbonyl (C=O) groups is 1. The first-order valence-corrected chi connectivity index (χ1v) is 9.26. The highest BCUT2D eigenvalue weighted by atomic mass is 16.5. The summed E-state index contributed by atoms with van der Waals surface area (Å²) in [5, 5.41) is 14.6. The molecule has 2 aliphatic rings. The van der Waals surface area contributed by atoms with Crippen LogP contribution < -0.4 is 10.2 Å². The molecule has 138 valence electrons. The van der Waals surface area contributed by atoms with Gasteiger partial charge in [-0.3, -0.25) is 4.79 Å². The third kappa shape index (κ3) is 3.29. The number of anilines is 2. The molecule has 8 heteroatoms. The Bertz CT molecular complexity index is 719. The summed E-state index contributed by atoms with van der Waals surface area (Å²) in [4.78, 5) is 15.4. The normalized spacial score (nSPS) is 19.9. The minimum atomic E-state index is -0.690. The molecule has 1 N–H and O–H groups in total. The molecule has 1 saturated carbocycles. The zero-order valence-electron chi connectivity index (χ0n) is 14.8. The van der Waals surface area contributed by atoms with Crippen molar-refractivity contribution in [1.82, 2.24) is 20.2 Å². The molecule has 0 radical (unpaired) electrons. The highest BCUT2D eigenvalue weighted by Gasteiger charge is 2.42. The van der Waals surface area contributed by atoms with Crippen molar-refractivity contribution in [3.8, 4) is 0 Å². The van der Waals surface area contributed by atoms with Crippen molar-refractivity contribution in [1.29, 1.82) is 0 Å². The lowest BCUT2D eigenvalue weighted by Crippen LogP contribution is -2.47. The largest absolute Gasteiger partial charge is 0.378 e. The number of nitrogens with zero attached hydrogens (tertiary/aromatic N) is 5. The molecule has 0 spiro atoms. The summed E-state index contributed by atoms with van der Waals surface area (Å²) in [6.45, 7) is 3.31. The van der Waals surface area contributed by atoms with Gasteiger partial charge in [0.15, 0.2) is 0 Å². The van der Waals surface area contributed by atoms with Crippen molar-refractivity contribution in [2.24, 2.45) is 0 Å². The van der Waals surface area contributed by atoms with Gasteiger partial charge in [0.1, 0.15) is 11.9 Å². The molecule has 0 atom stereocenters. The van der Waals surface area contributed by atoms with Crippen molar-refractivity contribution < 1.29 is 9.53 Å². The maximum atomic E-state index is 13.1. The van der Waals surface area contributed by atoms with Crippen LogP contribution in [0.2, 0.25) is 0 Å². The molecule has 1 amide bonds. The molecule has 2 aromatic rings. The molecule has 0 bridgehead atoms. The minimum Gasteiger partial charge on any atom is -0.378 e. The summed E-state index contributed by atoms with van der Waals surface area (Å²) in [6.07, 6.45) is 6.22. The first kappa shape index (κ1) is 17.0. The Kier molecular flexibility index (Phi) is 4.83. The van der Waals surface area contributed by atoms with Crippen LogP contribution in [0.15, 0.2) is 30.6 Å². The molecule has 4 rings (SSSR count). The predicted molar refractivity (Wildman–Crippen MR) is 97.0 cm³/mol. The van der Waals surface area contributed by atoms with E-state index in [9.17, 15) is 4.79 Å². The fourth-order valence-electron chi connectivity index (χ4n) is 3.88. The summed E-state index contributed by atoms with van der Waals surface area (Å²) in [5.41, 5.74) is 1.26. The van der Waals surface area contributed by atoms with Crippen LogP contribution in [0.4, 0.5) is 11.4 Å². The summed E-state index contributed by atoms with van der Waals surface area (Å²) in [7, 11) is 0. The van der Waals surface area contributed by atoms with E-state index < -0.39 is 5.54 Å². The summed E-state index contributed by atoms with van der Waals surface area (Å²) in [5.74, 6) is -0.0383. The Morgan fingerprint density at radius 3 is 2.46 bits per heavy atom. The van der Waals surface area contributed by atoms with Gasteiger partial charge in [0.05, 0.1) is 13.2 Å². The molecular weight excluding hydrogens is 332 g/mol. The third-order valence-corrected chi connectivity index (χ3v) is 5.39. The van der Waals surface area contributed by atoms with Gasteiger partial charge in [-0.05, 0) is 47.5 Å². The maximum Gasteiger partial charge on any atom is 0.252 e. The van der Waals surface area contributed by atoms with Crippen molar-refractivity contribution in [2.75, 3.05) is 36.5 Å². The van der Waals surface area contributed by atoms with E-state index in [2.05, 4.69) is 25.7 Å². The first-order valence-electron chi connectivity index (χ1n) is 9.26. The van der Waals surface area contributed by atoms with Gasteiger partial charge in [-0.15, -0.1) is 5.10 Å². The number of amides is 1. The van der Waals surface area contributed by atoms with E-state index in [0.717, 1.165) is 69.8 Å². The monoisotopic (exact) mass is 356 g/mol. The molecule has 1 aliphatic carbocycles. The van der Waals surface area contributed by atoms with Crippen LogP contribution in [0, 0.1) is 0 Å². The second kappa shape index (κ2) is 7.41. The molecule has 0 unspecified atom stereocenters. The Morgan fingerprint density at radius 2 is 1.81 bits per heavy atom. The van der Waals surface area contributed by atoms with Gasteiger partial charge in [0.2, 0.25) is 0 Å².